The number of carbonyl (C=O) groups excluding carboxylic acids is 1. The number of benzene rings is 2. The zero-order chi connectivity index (χ0) is 34.7. The summed E-state index contributed by atoms with van der Waals surface area (Å²) in [6.45, 7) is 1.99. The Morgan fingerprint density at radius 1 is 0.870 bits per heavy atom. The number of fused-ring (bicyclic) bond motifs is 1. The van der Waals surface area contributed by atoms with Crippen molar-refractivity contribution < 1.29 is 55.7 Å². The number of halogens is 6. The molecule has 0 atom stereocenters. The van der Waals surface area contributed by atoms with Gasteiger partial charge in [-0.1, -0.05) is 24.3 Å². The maximum atomic E-state index is 13.2. The summed E-state index contributed by atoms with van der Waals surface area (Å²) in [5.74, 6) is -4.83. The second-order valence-corrected chi connectivity index (χ2v) is 9.63. The third kappa shape index (κ3) is 11.4. The van der Waals surface area contributed by atoms with E-state index in [0.717, 1.165) is 46.4 Å². The summed E-state index contributed by atoms with van der Waals surface area (Å²) < 4.78 is 70.9. The minimum Gasteiger partial charge on any atom is -0.497 e. The normalized spacial score (nSPS) is 11.2. The van der Waals surface area contributed by atoms with E-state index in [9.17, 15) is 31.1 Å². The number of carbonyl (C=O) groups is 3. The fourth-order valence-corrected chi connectivity index (χ4v) is 3.76. The van der Waals surface area contributed by atoms with Crippen LogP contribution in [0.4, 0.5) is 26.3 Å². The van der Waals surface area contributed by atoms with Crippen LogP contribution in [-0.4, -0.2) is 82.6 Å². The lowest BCUT2D eigenvalue weighted by atomic mass is 10.1. The number of carboxylic acids is 2. The molecule has 0 aliphatic heterocycles. The van der Waals surface area contributed by atoms with Gasteiger partial charge in [-0.05, 0) is 67.2 Å². The maximum Gasteiger partial charge on any atom is 0.490 e. The van der Waals surface area contributed by atoms with E-state index in [4.69, 9.17) is 24.5 Å². The van der Waals surface area contributed by atoms with Gasteiger partial charge in [0.15, 0.2) is 0 Å². The third-order valence-corrected chi connectivity index (χ3v) is 5.99. The summed E-state index contributed by atoms with van der Waals surface area (Å²) >= 11 is 0. The maximum absolute atomic E-state index is 13.2. The summed E-state index contributed by atoms with van der Waals surface area (Å²) in [7, 11) is 5.72. The molecule has 0 fully saturated rings. The molecule has 0 saturated carbocycles. The first-order chi connectivity index (χ1) is 21.4. The van der Waals surface area contributed by atoms with Crippen molar-refractivity contribution in [2.45, 2.75) is 25.4 Å². The van der Waals surface area contributed by atoms with Crippen molar-refractivity contribution in [3.8, 4) is 16.9 Å². The Balaban J connectivity index is 0.000000440. The first-order valence-corrected chi connectivity index (χ1v) is 13.1. The van der Waals surface area contributed by atoms with Crippen LogP contribution in [0.5, 0.6) is 5.75 Å². The Hall–Kier alpha value is -5.12. The van der Waals surface area contributed by atoms with Crippen LogP contribution in [0.2, 0.25) is 0 Å². The zero-order valence-electron chi connectivity index (χ0n) is 24.7. The van der Waals surface area contributed by atoms with Gasteiger partial charge >= 0.3 is 24.3 Å². The Morgan fingerprint density at radius 2 is 1.46 bits per heavy atom. The lowest BCUT2D eigenvalue weighted by Gasteiger charge is -2.15. The molecule has 3 N–H and O–H groups in total. The molecule has 0 radical (unpaired) electrons. The van der Waals surface area contributed by atoms with Gasteiger partial charge in [0.25, 0.3) is 5.91 Å². The van der Waals surface area contributed by atoms with Gasteiger partial charge < -0.3 is 29.7 Å². The Labute approximate surface area is 258 Å². The van der Waals surface area contributed by atoms with Gasteiger partial charge in [-0.3, -0.25) is 9.78 Å². The number of hydrogen-bond acceptors (Lipinski definition) is 6. The largest absolute Gasteiger partial charge is 0.497 e. The van der Waals surface area contributed by atoms with Crippen molar-refractivity contribution >= 4 is 28.7 Å². The van der Waals surface area contributed by atoms with Gasteiger partial charge in [0.05, 0.1) is 7.11 Å². The molecule has 10 nitrogen and oxygen atoms in total. The number of carboxylic acid groups (broad SMARTS) is 2. The quantitative estimate of drug-likeness (QED) is 0.213. The average molecular weight is 657 g/mol. The van der Waals surface area contributed by atoms with Gasteiger partial charge in [-0.15, -0.1) is 0 Å². The number of nitrogens with zero attached hydrogens (tertiary/aromatic N) is 3. The van der Waals surface area contributed by atoms with Crippen LogP contribution in [0.25, 0.3) is 22.0 Å². The summed E-state index contributed by atoms with van der Waals surface area (Å²) in [5, 5.41) is 18.4. The van der Waals surface area contributed by atoms with Crippen molar-refractivity contribution in [1.29, 1.82) is 0 Å². The number of aliphatic carboxylic acids is 2. The number of rotatable bonds is 8. The highest BCUT2D eigenvalue weighted by Crippen LogP contribution is 2.27. The highest BCUT2D eigenvalue weighted by molar-refractivity contribution is 5.99. The molecule has 0 bridgehead atoms. The standard InChI is InChI=1S/C26H28N4O2.2C2HF3O2/c1-29(2)13-14-30-24-16-21(20-9-11-27-12-10-20)7-8-22(24)17-25(30)26(31)28-18-19-5-4-6-23(15-19)32-3;2*3-2(4,5)1(6)7/h4-12,15-17H,13-14,18H2,1-3H3,(H,28,31);2*(H,6,7). The first-order valence-electron chi connectivity index (χ1n) is 13.1. The summed E-state index contributed by atoms with van der Waals surface area (Å²) in [5.41, 5.74) is 4.91. The van der Waals surface area contributed by atoms with Crippen LogP contribution in [0.3, 0.4) is 0 Å². The smallest absolute Gasteiger partial charge is 0.490 e. The predicted molar refractivity (Wildman–Crippen MR) is 155 cm³/mol. The molecule has 0 unspecified atom stereocenters. The number of ether oxygens (including phenoxy) is 1. The third-order valence-electron chi connectivity index (χ3n) is 5.99. The molecule has 0 aliphatic carbocycles. The molecular weight excluding hydrogens is 626 g/mol. The number of methoxy groups -OCH3 is 1. The fraction of sp³-hybridized carbons (Fsp3) is 0.267. The summed E-state index contributed by atoms with van der Waals surface area (Å²) in [6.07, 6.45) is -6.58. The molecule has 2 aromatic heterocycles. The number of aromatic nitrogens is 2. The minimum absolute atomic E-state index is 0.0896. The molecule has 2 aromatic carbocycles. The van der Waals surface area contributed by atoms with Gasteiger partial charge in [0.2, 0.25) is 0 Å². The molecule has 0 spiro atoms. The summed E-state index contributed by atoms with van der Waals surface area (Å²) in [4.78, 5) is 37.2. The fourth-order valence-electron chi connectivity index (χ4n) is 3.76. The van der Waals surface area contributed by atoms with Crippen LogP contribution in [-0.2, 0) is 22.7 Å². The van der Waals surface area contributed by atoms with E-state index in [0.29, 0.717) is 12.2 Å². The Bertz CT molecular complexity index is 1600. The molecule has 248 valence electrons. The van der Waals surface area contributed by atoms with E-state index in [1.54, 1.807) is 19.5 Å². The van der Waals surface area contributed by atoms with Gasteiger partial charge in [-0.25, -0.2) is 9.59 Å². The molecule has 4 aromatic rings. The van der Waals surface area contributed by atoms with Crippen molar-refractivity contribution in [1.82, 2.24) is 19.8 Å². The predicted octanol–water partition coefficient (Wildman–Crippen LogP) is 5.47. The number of alkyl halides is 6. The van der Waals surface area contributed by atoms with E-state index in [-0.39, 0.29) is 5.91 Å². The highest BCUT2D eigenvalue weighted by atomic mass is 19.4. The monoisotopic (exact) mass is 656 g/mol. The lowest BCUT2D eigenvalue weighted by molar-refractivity contribution is -0.193. The second-order valence-electron chi connectivity index (χ2n) is 9.63. The van der Waals surface area contributed by atoms with Crippen LogP contribution >= 0.6 is 0 Å². The zero-order valence-corrected chi connectivity index (χ0v) is 24.7. The number of pyridine rings is 1. The van der Waals surface area contributed by atoms with Crippen LogP contribution in [0.1, 0.15) is 16.1 Å². The van der Waals surface area contributed by atoms with E-state index >= 15 is 0 Å². The van der Waals surface area contributed by atoms with Gasteiger partial charge in [0, 0.05) is 42.9 Å². The van der Waals surface area contributed by atoms with Crippen LogP contribution < -0.4 is 10.1 Å². The van der Waals surface area contributed by atoms with E-state index in [1.165, 1.54) is 0 Å². The topological polar surface area (TPSA) is 134 Å². The van der Waals surface area contributed by atoms with Crippen molar-refractivity contribution in [2.75, 3.05) is 27.7 Å². The number of nitrogens with one attached hydrogen (secondary N) is 1. The number of likely N-dealkylation sites (N-methyl/N-ethyl adjacent to an activating group) is 1. The lowest BCUT2D eigenvalue weighted by Crippen LogP contribution is -2.27. The van der Waals surface area contributed by atoms with Crippen LogP contribution in [0, 0.1) is 0 Å². The van der Waals surface area contributed by atoms with Crippen LogP contribution in [0.15, 0.2) is 73.1 Å². The number of hydrogen-bond donors (Lipinski definition) is 3. The molecule has 46 heavy (non-hydrogen) atoms. The van der Waals surface area contributed by atoms with Gasteiger partial charge in [0.1, 0.15) is 11.4 Å². The molecule has 4 rings (SSSR count). The Kier molecular flexibility index (Phi) is 13.1. The van der Waals surface area contributed by atoms with E-state index in [2.05, 4.69) is 38.0 Å². The van der Waals surface area contributed by atoms with E-state index < -0.39 is 24.3 Å². The highest BCUT2D eigenvalue weighted by Gasteiger charge is 2.38. The summed E-state index contributed by atoms with van der Waals surface area (Å²) in [6, 6.07) is 20.0. The molecule has 0 aliphatic rings. The number of amides is 1. The molecule has 0 saturated heterocycles. The second kappa shape index (κ2) is 16.3. The Morgan fingerprint density at radius 3 is 1.98 bits per heavy atom. The molecular formula is C30H30F6N4O6. The van der Waals surface area contributed by atoms with Crippen molar-refractivity contribution in [3.05, 3.63) is 84.3 Å². The van der Waals surface area contributed by atoms with Crippen molar-refractivity contribution in [3.63, 3.8) is 0 Å². The minimum atomic E-state index is -5.08. The SMILES string of the molecule is COc1cccc(CNC(=O)c2cc3ccc(-c4ccncc4)cc3n2CCN(C)C)c1.O=C(O)C(F)(F)F.O=C(O)C(F)(F)F. The van der Waals surface area contributed by atoms with Crippen molar-refractivity contribution in [2.24, 2.45) is 0 Å². The molecule has 1 amide bonds. The molecule has 16 heteroatoms. The van der Waals surface area contributed by atoms with Gasteiger partial charge in [-0.2, -0.15) is 26.3 Å². The first kappa shape index (κ1) is 37.1. The van der Waals surface area contributed by atoms with E-state index in [1.807, 2.05) is 56.6 Å². The average Bonchev–Trinajstić information content (AvgIpc) is 3.37. The molecule has 2 heterocycles.